The van der Waals surface area contributed by atoms with Crippen LogP contribution < -0.4 is 0 Å². The molecule has 0 amide bonds. The van der Waals surface area contributed by atoms with Crippen LogP contribution in [0.3, 0.4) is 0 Å². The van der Waals surface area contributed by atoms with Crippen LogP contribution >= 0.6 is 0 Å². The van der Waals surface area contributed by atoms with Crippen molar-refractivity contribution in [1.82, 2.24) is 0 Å². The molecular weight excluding hydrogens is 264 g/mol. The Balaban J connectivity index is 2.05. The maximum atomic E-state index is 11.9. The van der Waals surface area contributed by atoms with E-state index < -0.39 is 11.9 Å². The van der Waals surface area contributed by atoms with Crippen molar-refractivity contribution in [3.8, 4) is 0 Å². The SMILES string of the molecule is CC1(C)[C@@H]2CC[C@H]3CC=C[C@@H]4[C@@H](C=O)C(C(=O)O)=C(C2)[C@@]341. The minimum atomic E-state index is -0.874. The molecule has 2 saturated carbocycles. The molecule has 0 aromatic carbocycles. The molecule has 21 heavy (non-hydrogen) atoms. The first kappa shape index (κ1) is 13.3. The van der Waals surface area contributed by atoms with Crippen LogP contribution in [0.15, 0.2) is 23.3 Å². The second-order valence-corrected chi connectivity index (χ2v) is 7.81. The van der Waals surface area contributed by atoms with Gasteiger partial charge in [-0.05, 0) is 42.9 Å². The minimum absolute atomic E-state index is 0.0650. The lowest BCUT2D eigenvalue weighted by Gasteiger charge is -2.57. The van der Waals surface area contributed by atoms with Gasteiger partial charge in [0, 0.05) is 16.9 Å². The Labute approximate surface area is 125 Å². The third kappa shape index (κ3) is 1.23. The number of allylic oxidation sites excluding steroid dienone is 3. The maximum Gasteiger partial charge on any atom is 0.332 e. The van der Waals surface area contributed by atoms with Crippen LogP contribution in [0.25, 0.3) is 0 Å². The molecule has 0 unspecified atom stereocenters. The Hall–Kier alpha value is -1.38. The van der Waals surface area contributed by atoms with Crippen molar-refractivity contribution in [2.24, 2.45) is 34.5 Å². The molecule has 0 aliphatic heterocycles. The molecular formula is C18H22O3. The second kappa shape index (κ2) is 3.88. The highest BCUT2D eigenvalue weighted by Crippen LogP contribution is 2.76. The third-order valence-corrected chi connectivity index (χ3v) is 7.26. The Bertz CT molecular complexity index is 598. The van der Waals surface area contributed by atoms with Crippen LogP contribution in [-0.2, 0) is 9.59 Å². The summed E-state index contributed by atoms with van der Waals surface area (Å²) >= 11 is 0. The smallest absolute Gasteiger partial charge is 0.332 e. The van der Waals surface area contributed by atoms with Crippen LogP contribution in [0, 0.1) is 34.5 Å². The molecule has 2 bridgehead atoms. The number of aldehydes is 1. The van der Waals surface area contributed by atoms with Crippen LogP contribution in [0.5, 0.6) is 0 Å². The summed E-state index contributed by atoms with van der Waals surface area (Å²) in [5, 5.41) is 9.73. The number of carboxylic acids is 1. The van der Waals surface area contributed by atoms with Gasteiger partial charge in [-0.1, -0.05) is 31.6 Å². The number of hydrogen-bond acceptors (Lipinski definition) is 2. The molecule has 3 nitrogen and oxygen atoms in total. The zero-order chi connectivity index (χ0) is 15.0. The summed E-state index contributed by atoms with van der Waals surface area (Å²) in [6, 6.07) is 0. The zero-order valence-electron chi connectivity index (χ0n) is 12.6. The minimum Gasteiger partial charge on any atom is -0.478 e. The number of carbonyl (C=O) groups excluding carboxylic acids is 1. The van der Waals surface area contributed by atoms with E-state index in [1.165, 1.54) is 12.8 Å². The molecule has 2 fully saturated rings. The predicted molar refractivity (Wildman–Crippen MR) is 78.5 cm³/mol. The van der Waals surface area contributed by atoms with Crippen molar-refractivity contribution in [1.29, 1.82) is 0 Å². The maximum absolute atomic E-state index is 11.9. The standard InChI is InChI=1S/C18H22O3/c1-17(2)11-7-6-10-4-3-5-13-12(9-19)15(16(20)21)14(8-11)18(10,13)17/h3,5,9-13H,4,6-8H2,1-2H3,(H,20,21)/t10-,11-,12-,13-,18-/m1/s1. The molecule has 0 radical (unpaired) electrons. The molecule has 1 spiro atoms. The monoisotopic (exact) mass is 286 g/mol. The summed E-state index contributed by atoms with van der Waals surface area (Å²) in [7, 11) is 0. The fraction of sp³-hybridized carbons (Fsp3) is 0.667. The molecule has 0 heterocycles. The van der Waals surface area contributed by atoms with Gasteiger partial charge in [-0.15, -0.1) is 0 Å². The number of carbonyl (C=O) groups is 2. The molecule has 3 heteroatoms. The van der Waals surface area contributed by atoms with Crippen molar-refractivity contribution in [3.05, 3.63) is 23.3 Å². The Morgan fingerprint density at radius 2 is 2.05 bits per heavy atom. The number of rotatable bonds is 2. The van der Waals surface area contributed by atoms with Crippen molar-refractivity contribution >= 4 is 12.3 Å². The lowest BCUT2D eigenvalue weighted by Crippen LogP contribution is -2.51. The van der Waals surface area contributed by atoms with Gasteiger partial charge in [-0.25, -0.2) is 4.79 Å². The molecule has 4 aliphatic rings. The van der Waals surface area contributed by atoms with E-state index >= 15 is 0 Å². The summed E-state index contributed by atoms with van der Waals surface area (Å²) in [6.45, 7) is 4.63. The van der Waals surface area contributed by atoms with Gasteiger partial charge in [-0.3, -0.25) is 0 Å². The topological polar surface area (TPSA) is 54.4 Å². The number of hydrogen-bond donors (Lipinski definition) is 1. The van der Waals surface area contributed by atoms with Crippen LogP contribution in [0.2, 0.25) is 0 Å². The molecule has 0 saturated heterocycles. The zero-order valence-corrected chi connectivity index (χ0v) is 12.6. The highest BCUT2D eigenvalue weighted by molar-refractivity contribution is 5.94. The van der Waals surface area contributed by atoms with E-state index in [9.17, 15) is 14.7 Å². The van der Waals surface area contributed by atoms with Gasteiger partial charge < -0.3 is 9.90 Å². The highest BCUT2D eigenvalue weighted by Gasteiger charge is 2.71. The summed E-state index contributed by atoms with van der Waals surface area (Å²) in [4.78, 5) is 23.5. The highest BCUT2D eigenvalue weighted by atomic mass is 16.4. The Kier molecular flexibility index (Phi) is 2.45. The van der Waals surface area contributed by atoms with E-state index in [0.717, 1.165) is 24.7 Å². The van der Waals surface area contributed by atoms with Crippen molar-refractivity contribution in [3.63, 3.8) is 0 Å². The largest absolute Gasteiger partial charge is 0.478 e. The van der Waals surface area contributed by atoms with Crippen molar-refractivity contribution in [2.75, 3.05) is 0 Å². The summed E-state index contributed by atoms with van der Waals surface area (Å²) in [6.07, 6.45) is 9.53. The quantitative estimate of drug-likeness (QED) is 0.626. The predicted octanol–water partition coefficient (Wildman–Crippen LogP) is 3.21. The van der Waals surface area contributed by atoms with Crippen molar-refractivity contribution < 1.29 is 14.7 Å². The van der Waals surface area contributed by atoms with E-state index in [2.05, 4.69) is 26.0 Å². The van der Waals surface area contributed by atoms with Gasteiger partial charge in [0.1, 0.15) is 6.29 Å². The van der Waals surface area contributed by atoms with Gasteiger partial charge in [0.25, 0.3) is 0 Å². The normalized spacial score (nSPS) is 45.6. The van der Waals surface area contributed by atoms with E-state index in [1.54, 1.807) is 0 Å². The average molecular weight is 286 g/mol. The summed E-state index contributed by atoms with van der Waals surface area (Å²) < 4.78 is 0. The van der Waals surface area contributed by atoms with Gasteiger partial charge in [0.15, 0.2) is 0 Å². The van der Waals surface area contributed by atoms with Crippen LogP contribution in [-0.4, -0.2) is 17.4 Å². The molecule has 4 aliphatic carbocycles. The Morgan fingerprint density at radius 1 is 1.33 bits per heavy atom. The Morgan fingerprint density at radius 3 is 2.71 bits per heavy atom. The summed E-state index contributed by atoms with van der Waals surface area (Å²) in [5.74, 6) is -0.179. The van der Waals surface area contributed by atoms with Gasteiger partial charge in [0.05, 0.1) is 5.92 Å². The fourth-order valence-electron chi connectivity index (χ4n) is 6.55. The van der Waals surface area contributed by atoms with E-state index in [1.807, 2.05) is 0 Å². The second-order valence-electron chi connectivity index (χ2n) is 7.81. The lowest BCUT2D eigenvalue weighted by atomic mass is 9.47. The van der Waals surface area contributed by atoms with Crippen LogP contribution in [0.1, 0.15) is 39.5 Å². The molecule has 0 aromatic heterocycles. The average Bonchev–Trinajstić information content (AvgIpc) is 2.74. The molecule has 112 valence electrons. The summed E-state index contributed by atoms with van der Waals surface area (Å²) in [5.41, 5.74) is 1.58. The molecule has 0 aromatic rings. The van der Waals surface area contributed by atoms with E-state index in [0.29, 0.717) is 17.4 Å². The van der Waals surface area contributed by atoms with Gasteiger partial charge >= 0.3 is 5.97 Å². The molecule has 5 atom stereocenters. The van der Waals surface area contributed by atoms with Crippen LogP contribution in [0.4, 0.5) is 0 Å². The van der Waals surface area contributed by atoms with Crippen molar-refractivity contribution in [2.45, 2.75) is 39.5 Å². The van der Waals surface area contributed by atoms with Gasteiger partial charge in [0.2, 0.25) is 0 Å². The first-order valence-corrected chi connectivity index (χ1v) is 8.05. The van der Waals surface area contributed by atoms with Gasteiger partial charge in [-0.2, -0.15) is 0 Å². The third-order valence-electron chi connectivity index (χ3n) is 7.26. The number of carboxylic acid groups (broad SMARTS) is 1. The number of aliphatic carboxylic acids is 1. The first-order chi connectivity index (χ1) is 9.96. The molecule has 1 N–H and O–H groups in total. The first-order valence-electron chi connectivity index (χ1n) is 8.05. The van der Waals surface area contributed by atoms with E-state index in [-0.39, 0.29) is 16.7 Å². The number of fused-ring (bicyclic) bond motifs is 1. The van der Waals surface area contributed by atoms with E-state index in [4.69, 9.17) is 0 Å². The lowest BCUT2D eigenvalue weighted by molar-refractivity contribution is -0.134. The fourth-order valence-corrected chi connectivity index (χ4v) is 6.55. The molecule has 4 rings (SSSR count).